The first-order valence-electron chi connectivity index (χ1n) is 39.3. The minimum atomic E-state index is -2.03. The number of rotatable bonds is 57. The van der Waals surface area contributed by atoms with Crippen molar-refractivity contribution >= 4 is 70.6 Å². The fourth-order valence-corrected chi connectivity index (χ4v) is 23.7. The molecule has 5 amide bonds. The van der Waals surface area contributed by atoms with E-state index in [1.807, 2.05) is 0 Å². The average Bonchev–Trinajstić information content (AvgIpc) is 0.769. The van der Waals surface area contributed by atoms with Crippen LogP contribution in [0.1, 0.15) is 224 Å². The molecular formula is C86H127N6O8P2+. The number of nitrogens with one attached hydrogen (secondary N) is 2. The molecule has 0 atom stereocenters. The molecule has 14 nitrogen and oxygen atoms in total. The molecule has 0 aliphatic rings. The third-order valence-corrected chi connectivity index (χ3v) is 29.9. The molecule has 0 heterocycles. The minimum absolute atomic E-state index is 0.0203. The van der Waals surface area contributed by atoms with Gasteiger partial charge in [-0.15, -0.1) is 0 Å². The first kappa shape index (κ1) is 84.3. The van der Waals surface area contributed by atoms with E-state index < -0.39 is 32.2 Å². The number of nitrogens with zero attached hydrogens (tertiary/aromatic N) is 4. The van der Waals surface area contributed by atoms with Crippen LogP contribution in [-0.2, 0) is 30.1 Å². The third kappa shape index (κ3) is 32.6. The summed E-state index contributed by atoms with van der Waals surface area (Å²) in [4.78, 5) is 63.6. The van der Waals surface area contributed by atoms with Gasteiger partial charge < -0.3 is 15.5 Å². The van der Waals surface area contributed by atoms with Crippen LogP contribution in [0.25, 0.3) is 0 Å². The van der Waals surface area contributed by atoms with Crippen LogP contribution in [0.2, 0.25) is 0 Å². The van der Waals surface area contributed by atoms with Gasteiger partial charge in [0.15, 0.2) is 0 Å². The van der Waals surface area contributed by atoms with Gasteiger partial charge in [0.1, 0.15) is 23.2 Å². The predicted octanol–water partition coefficient (Wildman–Crippen LogP) is 16.7. The van der Waals surface area contributed by atoms with Crippen LogP contribution in [0.5, 0.6) is 0 Å². The van der Waals surface area contributed by atoms with E-state index in [1.54, 1.807) is 10.6 Å². The average molecular weight is 1430 g/mol. The van der Waals surface area contributed by atoms with Crippen LogP contribution < -0.4 is 37.2 Å². The van der Waals surface area contributed by atoms with Crippen LogP contribution >= 0.6 is 14.5 Å². The summed E-state index contributed by atoms with van der Waals surface area (Å²) >= 11 is 0. The first-order chi connectivity index (χ1) is 49.9. The number of hydrogen-bond donors (Lipinski definition) is 5. The second-order valence-electron chi connectivity index (χ2n) is 28.2. The molecule has 0 spiro atoms. The molecule has 6 aromatic rings. The molecular weight excluding hydrogens is 1310 g/mol. The van der Waals surface area contributed by atoms with E-state index >= 15 is 0 Å². The monoisotopic (exact) mass is 1430 g/mol. The van der Waals surface area contributed by atoms with Crippen molar-refractivity contribution in [2.75, 3.05) is 64.7 Å². The summed E-state index contributed by atoms with van der Waals surface area (Å²) in [6.45, 7) is 5.93. The molecule has 0 fully saturated rings. The van der Waals surface area contributed by atoms with E-state index in [1.165, 1.54) is 169 Å². The van der Waals surface area contributed by atoms with Gasteiger partial charge in [0.25, 0.3) is 0 Å². The van der Waals surface area contributed by atoms with Crippen LogP contribution in [-0.4, -0.2) is 130 Å². The summed E-state index contributed by atoms with van der Waals surface area (Å²) in [5, 5.41) is 45.4. The molecule has 0 aliphatic carbocycles. The summed E-state index contributed by atoms with van der Waals surface area (Å²) in [5.74, 6) is -1.98. The van der Waals surface area contributed by atoms with E-state index in [4.69, 9.17) is 0 Å². The molecule has 5 N–H and O–H groups in total. The van der Waals surface area contributed by atoms with Gasteiger partial charge in [0, 0.05) is 65.3 Å². The molecule has 558 valence electrons. The Morgan fingerprint density at radius 3 is 1.00 bits per heavy atom. The van der Waals surface area contributed by atoms with E-state index in [0.29, 0.717) is 68.2 Å². The van der Waals surface area contributed by atoms with E-state index in [-0.39, 0.29) is 57.1 Å². The maximum absolute atomic E-state index is 12.8. The zero-order chi connectivity index (χ0) is 72.4. The normalized spacial score (nSPS) is 11.7. The molecule has 6 rings (SSSR count). The van der Waals surface area contributed by atoms with Crippen LogP contribution in [0.15, 0.2) is 182 Å². The number of benzene rings is 6. The number of unbranched alkanes of at least 4 members (excludes halogenated alkanes) is 24. The van der Waals surface area contributed by atoms with E-state index in [2.05, 4.69) is 198 Å². The van der Waals surface area contributed by atoms with Crippen molar-refractivity contribution < 1.29 is 39.6 Å². The topological polar surface area (TPSA) is 183 Å². The van der Waals surface area contributed by atoms with Crippen LogP contribution in [0, 0.1) is 0 Å². The van der Waals surface area contributed by atoms with Crippen molar-refractivity contribution in [1.29, 1.82) is 0 Å². The van der Waals surface area contributed by atoms with Crippen molar-refractivity contribution in [2.24, 2.45) is 0 Å². The Bertz CT molecular complexity index is 3040. The molecule has 0 aliphatic heterocycles. The summed E-state index contributed by atoms with van der Waals surface area (Å²) in [6.07, 6.45) is 35.4. The van der Waals surface area contributed by atoms with Crippen molar-refractivity contribution in [1.82, 2.24) is 30.7 Å². The molecule has 0 radical (unpaired) electrons. The Labute approximate surface area is 614 Å². The number of hydrogen-bond acceptors (Lipinski definition) is 9. The Morgan fingerprint density at radius 1 is 0.333 bits per heavy atom. The van der Waals surface area contributed by atoms with Gasteiger partial charge >= 0.3 is 198 Å². The molecule has 0 bridgehead atoms. The first-order valence-corrected chi connectivity index (χ1v) is 43.7. The maximum atomic E-state index is 12.8. The zero-order valence-corrected chi connectivity index (χ0v) is 63.9. The third-order valence-electron chi connectivity index (χ3n) is 20.3. The van der Waals surface area contributed by atoms with Gasteiger partial charge in [-0.2, -0.15) is 0 Å². The standard InChI is InChI=1S/C86H126N6O8P2/c1-76(93)90(98)70-44-24-39-65-87-83(94)61-63-85(96)91(99)71-45-25-40-66-88-84(95)62-64-86(97)92(100)72-46-26-43-69-89(68-42-15-11-7-3-5-9-13-17-48-74-102(80-55-33-21-34-56-80,81-57-35-22-36-58-81)82-59-37-23-38-60-82)67-41-14-10-6-2-4-8-12-16-47-73-101(78-51-29-19-30-52-78,79-53-31-20-32-54-79)75-77-49-27-18-28-50-77/h18-23,27-38,49-60,98-101H,2-17,24-26,39-48,61-75H2,1H3,(H-,87,88,94,95)/p+1. The SMILES string of the molecule is CC(=O)N(O)CCCCCNC(=O)CCC(=O)N(O)CCCCCNC(=O)CCC(=O)N(O)CCCCCN(CCCCCCCCCCCC[P+](c1ccccc1)(c1ccccc1)c1ccccc1)CCCCCCCCCCCC[PH](Cc1ccccc1)(c1ccccc1)c1ccccc1. The molecule has 0 aromatic heterocycles. The van der Waals surface area contributed by atoms with Gasteiger partial charge in [0.2, 0.25) is 29.5 Å². The summed E-state index contributed by atoms with van der Waals surface area (Å²) in [6, 6.07) is 67.8. The summed E-state index contributed by atoms with van der Waals surface area (Å²) < 4.78 is 0. The number of amides is 5. The van der Waals surface area contributed by atoms with Gasteiger partial charge in [-0.3, -0.25) is 39.6 Å². The Kier molecular flexibility index (Phi) is 42.6. The fraction of sp³-hybridized carbons (Fsp3) is 0.523. The van der Waals surface area contributed by atoms with Gasteiger partial charge in [-0.1, -0.05) is 106 Å². The van der Waals surface area contributed by atoms with Crippen molar-refractivity contribution in [3.8, 4) is 0 Å². The zero-order valence-electron chi connectivity index (χ0n) is 62.1. The van der Waals surface area contributed by atoms with Crippen molar-refractivity contribution in [3.63, 3.8) is 0 Å². The van der Waals surface area contributed by atoms with Crippen molar-refractivity contribution in [2.45, 2.75) is 225 Å². The van der Waals surface area contributed by atoms with E-state index in [9.17, 15) is 39.6 Å². The van der Waals surface area contributed by atoms with Crippen molar-refractivity contribution in [3.05, 3.63) is 188 Å². The van der Waals surface area contributed by atoms with Gasteiger partial charge in [-0.05, 0) is 120 Å². The van der Waals surface area contributed by atoms with Crippen LogP contribution in [0.4, 0.5) is 0 Å². The fourth-order valence-electron chi connectivity index (χ4n) is 14.3. The summed E-state index contributed by atoms with van der Waals surface area (Å²) in [7, 11) is -3.80. The molecule has 6 aromatic carbocycles. The van der Waals surface area contributed by atoms with Gasteiger partial charge in [-0.25, -0.2) is 15.2 Å². The quantitative estimate of drug-likeness (QED) is 0.0107. The number of hydroxylamine groups is 6. The summed E-state index contributed by atoms with van der Waals surface area (Å²) in [5.41, 5.74) is 1.45. The molecule has 16 heteroatoms. The molecule has 0 saturated carbocycles. The van der Waals surface area contributed by atoms with Crippen LogP contribution in [0.3, 0.4) is 0 Å². The number of carbonyl (C=O) groups is 5. The number of carbonyl (C=O) groups excluding carboxylic acids is 5. The molecule has 102 heavy (non-hydrogen) atoms. The van der Waals surface area contributed by atoms with Gasteiger partial charge in [0.05, 0.1) is 6.16 Å². The second kappa shape index (κ2) is 51.5. The Balaban J connectivity index is 0.837. The van der Waals surface area contributed by atoms with E-state index in [0.717, 1.165) is 43.7 Å². The Hall–Kier alpha value is -6.63. The predicted molar refractivity (Wildman–Crippen MR) is 426 cm³/mol. The Morgan fingerprint density at radius 2 is 0.627 bits per heavy atom. The molecule has 0 saturated heterocycles. The molecule has 0 unspecified atom stereocenters. The second-order valence-corrected chi connectivity index (χ2v) is 36.0.